The summed E-state index contributed by atoms with van der Waals surface area (Å²) in [7, 11) is -1.39. The van der Waals surface area contributed by atoms with Crippen LogP contribution in [0.1, 0.15) is 5.56 Å². The van der Waals surface area contributed by atoms with Crippen molar-refractivity contribution in [1.82, 2.24) is 4.98 Å². The lowest BCUT2D eigenvalue weighted by Gasteiger charge is -2.11. The largest absolute Gasteiger partial charge is 0.494 e. The van der Waals surface area contributed by atoms with Gasteiger partial charge in [0, 0.05) is 28.8 Å². The van der Waals surface area contributed by atoms with Gasteiger partial charge < -0.3 is 9.47 Å². The average Bonchev–Trinajstić information content (AvgIpc) is 2.59. The van der Waals surface area contributed by atoms with Crippen LogP contribution in [0.4, 0.5) is 4.39 Å². The molecule has 0 aliphatic rings. The van der Waals surface area contributed by atoms with Gasteiger partial charge >= 0.3 is 0 Å². The van der Waals surface area contributed by atoms with Crippen LogP contribution < -0.4 is 9.47 Å². The molecule has 0 amide bonds. The van der Waals surface area contributed by atoms with E-state index in [2.05, 4.69) is 4.98 Å². The van der Waals surface area contributed by atoms with E-state index in [1.807, 2.05) is 6.07 Å². The van der Waals surface area contributed by atoms with Gasteiger partial charge in [0.1, 0.15) is 12.4 Å². The van der Waals surface area contributed by atoms with Crippen molar-refractivity contribution in [2.75, 3.05) is 13.4 Å². The number of nitrogens with one attached hydrogen (secondary N) is 1. The van der Waals surface area contributed by atoms with Gasteiger partial charge in [-0.2, -0.15) is 0 Å². The molecule has 0 fully saturated rings. The second-order valence-corrected chi connectivity index (χ2v) is 7.75. The van der Waals surface area contributed by atoms with E-state index in [4.69, 9.17) is 14.3 Å². The maximum atomic E-state index is 14.0. The van der Waals surface area contributed by atoms with Crippen LogP contribution in [0.15, 0.2) is 53.6 Å². The van der Waals surface area contributed by atoms with Gasteiger partial charge in [0.25, 0.3) is 0 Å². The highest BCUT2D eigenvalue weighted by Crippen LogP contribution is 2.30. The average molecular weight is 360 g/mol. The van der Waals surface area contributed by atoms with E-state index in [-0.39, 0.29) is 12.4 Å². The quantitative estimate of drug-likeness (QED) is 0.746. The van der Waals surface area contributed by atoms with Crippen molar-refractivity contribution in [1.29, 1.82) is 4.78 Å². The first kappa shape index (κ1) is 17.2. The van der Waals surface area contributed by atoms with E-state index in [1.54, 1.807) is 30.5 Å². The van der Waals surface area contributed by atoms with Crippen molar-refractivity contribution in [2.45, 2.75) is 11.5 Å². The molecule has 0 saturated heterocycles. The minimum absolute atomic E-state index is 0.123. The second-order valence-electron chi connectivity index (χ2n) is 5.59. The van der Waals surface area contributed by atoms with Gasteiger partial charge in [0.2, 0.25) is 0 Å². The summed E-state index contributed by atoms with van der Waals surface area (Å²) in [4.78, 5) is 4.65. The molecule has 0 spiro atoms. The molecule has 0 bridgehead atoms. The van der Waals surface area contributed by atoms with Crippen molar-refractivity contribution in [3.63, 3.8) is 0 Å². The molecule has 1 N–H and O–H groups in total. The van der Waals surface area contributed by atoms with Gasteiger partial charge in [-0.1, -0.05) is 12.1 Å². The fourth-order valence-corrected chi connectivity index (χ4v) is 3.16. The summed E-state index contributed by atoms with van der Waals surface area (Å²) in [6.45, 7) is 0.204. The predicted octanol–water partition coefficient (Wildman–Crippen LogP) is 4.00. The van der Waals surface area contributed by atoms with Crippen LogP contribution in [0.2, 0.25) is 0 Å². The lowest BCUT2D eigenvalue weighted by molar-refractivity contribution is 0.309. The van der Waals surface area contributed by atoms with Gasteiger partial charge in [-0.15, -0.1) is 0 Å². The number of hydrogen-bond donors (Lipinski definition) is 1. The fourth-order valence-electron chi connectivity index (χ4n) is 2.44. The molecule has 2 aromatic carbocycles. The van der Waals surface area contributed by atoms with Crippen molar-refractivity contribution >= 4 is 20.6 Å². The van der Waals surface area contributed by atoms with Crippen LogP contribution in [-0.4, -0.2) is 22.6 Å². The number of benzene rings is 2. The molecule has 1 atom stereocenters. The summed E-state index contributed by atoms with van der Waals surface area (Å²) >= 11 is 0. The molecule has 0 unspecified atom stereocenters. The zero-order valence-electron chi connectivity index (χ0n) is 13.8. The number of ether oxygens (including phenoxy) is 2. The van der Waals surface area contributed by atoms with E-state index < -0.39 is 15.5 Å². The SMILES string of the molecule is COc1cc2nccc(OCc3cccc([S@@](C)(=N)=O)c3)c2cc1F. The summed E-state index contributed by atoms with van der Waals surface area (Å²) in [5, 5.41) is 0.539. The van der Waals surface area contributed by atoms with E-state index in [0.29, 0.717) is 21.5 Å². The second kappa shape index (κ2) is 6.68. The van der Waals surface area contributed by atoms with Crippen LogP contribution in [0, 0.1) is 10.6 Å². The molecule has 3 rings (SSSR count). The number of rotatable bonds is 5. The number of nitrogens with zero attached hydrogens (tertiary/aromatic N) is 1. The third-order valence-electron chi connectivity index (χ3n) is 3.72. The Bertz CT molecular complexity index is 1040. The first-order valence-corrected chi connectivity index (χ1v) is 9.43. The van der Waals surface area contributed by atoms with Crippen molar-refractivity contribution < 1.29 is 18.1 Å². The first-order valence-electron chi connectivity index (χ1n) is 7.46. The van der Waals surface area contributed by atoms with Gasteiger partial charge in [0.05, 0.1) is 22.4 Å². The molecule has 0 aliphatic heterocycles. The Morgan fingerprint density at radius 2 is 2.00 bits per heavy atom. The fraction of sp³-hybridized carbons (Fsp3) is 0.167. The highest BCUT2D eigenvalue weighted by atomic mass is 32.2. The smallest absolute Gasteiger partial charge is 0.165 e. The lowest BCUT2D eigenvalue weighted by Crippen LogP contribution is -2.00. The number of hydrogen-bond acceptors (Lipinski definition) is 5. The molecule has 0 aliphatic carbocycles. The zero-order valence-corrected chi connectivity index (χ0v) is 14.6. The predicted molar refractivity (Wildman–Crippen MR) is 94.1 cm³/mol. The van der Waals surface area contributed by atoms with Crippen molar-refractivity contribution in [3.8, 4) is 11.5 Å². The molecule has 1 heterocycles. The highest BCUT2D eigenvalue weighted by molar-refractivity contribution is 7.91. The first-order chi connectivity index (χ1) is 11.9. The molecule has 130 valence electrons. The summed E-state index contributed by atoms with van der Waals surface area (Å²) in [6.07, 6.45) is 2.95. The third-order valence-corrected chi connectivity index (χ3v) is 4.87. The van der Waals surface area contributed by atoms with E-state index in [0.717, 1.165) is 5.56 Å². The van der Waals surface area contributed by atoms with Gasteiger partial charge in [-0.3, -0.25) is 4.98 Å². The number of fused-ring (bicyclic) bond motifs is 1. The molecule has 3 aromatic rings. The van der Waals surface area contributed by atoms with Crippen molar-refractivity contribution in [2.24, 2.45) is 0 Å². The zero-order chi connectivity index (χ0) is 18.0. The number of methoxy groups -OCH3 is 1. The van der Waals surface area contributed by atoms with E-state index >= 15 is 0 Å². The summed E-state index contributed by atoms with van der Waals surface area (Å²) < 4.78 is 44.3. The molecule has 1 aromatic heterocycles. The number of pyridine rings is 1. The lowest BCUT2D eigenvalue weighted by atomic mass is 10.2. The Labute approximate surface area is 145 Å². The molecular weight excluding hydrogens is 343 g/mol. The van der Waals surface area contributed by atoms with Crippen LogP contribution in [0.3, 0.4) is 0 Å². The molecule has 7 heteroatoms. The minimum atomic E-state index is -2.79. The maximum Gasteiger partial charge on any atom is 0.165 e. The molecule has 0 radical (unpaired) electrons. The maximum absolute atomic E-state index is 14.0. The third kappa shape index (κ3) is 3.71. The van der Waals surface area contributed by atoms with E-state index in [1.165, 1.54) is 25.5 Å². The molecule has 0 saturated carbocycles. The van der Waals surface area contributed by atoms with Gasteiger partial charge in [-0.25, -0.2) is 13.4 Å². The highest BCUT2D eigenvalue weighted by Gasteiger charge is 2.10. The normalized spacial score (nSPS) is 13.4. The topological polar surface area (TPSA) is 72.3 Å². The number of halogens is 1. The molecular formula is C18H17FN2O3S. The standard InChI is InChI=1S/C18H17FN2O3S/c1-23-18-10-16-14(9-15(18)19)17(6-7-21-16)24-11-12-4-3-5-13(8-12)25(2,20)22/h3-10,20H,11H2,1-2H3/t25-/m0/s1. The Kier molecular flexibility index (Phi) is 4.59. The monoisotopic (exact) mass is 360 g/mol. The Morgan fingerprint density at radius 3 is 2.72 bits per heavy atom. The molecule has 25 heavy (non-hydrogen) atoms. The van der Waals surface area contributed by atoms with Crippen molar-refractivity contribution in [3.05, 3.63) is 60.0 Å². The Hall–Kier alpha value is -2.67. The Morgan fingerprint density at radius 1 is 1.20 bits per heavy atom. The van der Waals surface area contributed by atoms with Crippen LogP contribution in [-0.2, 0) is 16.3 Å². The Balaban J connectivity index is 1.90. The van der Waals surface area contributed by atoms with Crippen LogP contribution in [0.5, 0.6) is 11.5 Å². The van der Waals surface area contributed by atoms with Crippen LogP contribution in [0.25, 0.3) is 10.9 Å². The molecule has 5 nitrogen and oxygen atoms in total. The van der Waals surface area contributed by atoms with E-state index in [9.17, 15) is 8.60 Å². The minimum Gasteiger partial charge on any atom is -0.494 e. The van der Waals surface area contributed by atoms with Gasteiger partial charge in [-0.05, 0) is 29.8 Å². The van der Waals surface area contributed by atoms with Gasteiger partial charge in [0.15, 0.2) is 11.6 Å². The summed E-state index contributed by atoms with van der Waals surface area (Å²) in [5.41, 5.74) is 1.34. The summed E-state index contributed by atoms with van der Waals surface area (Å²) in [6, 6.07) is 11.4. The summed E-state index contributed by atoms with van der Waals surface area (Å²) in [5.74, 6) is 0.118. The van der Waals surface area contributed by atoms with Crippen LogP contribution >= 0.6 is 0 Å². The number of aromatic nitrogens is 1.